The number of ether oxygens (including phenoxy) is 4. The zero-order chi connectivity index (χ0) is 26.9. The first-order chi connectivity index (χ1) is 18.5. The third-order valence-electron chi connectivity index (χ3n) is 5.69. The number of nitrogens with one attached hydrogen (secondary N) is 2. The van der Waals surface area contributed by atoms with Crippen molar-refractivity contribution in [2.75, 3.05) is 26.6 Å². The largest absolute Gasteiger partial charge is 0.497 e. The van der Waals surface area contributed by atoms with E-state index in [1.165, 1.54) is 20.4 Å². The second kappa shape index (κ2) is 12.3. The number of carbonyl (C=O) groups excluding carboxylic acids is 2. The Morgan fingerprint density at radius 2 is 1.58 bits per heavy atom. The summed E-state index contributed by atoms with van der Waals surface area (Å²) in [6.45, 7) is 0.370. The van der Waals surface area contributed by atoms with Crippen LogP contribution in [-0.4, -0.2) is 39.4 Å². The number of benzene rings is 4. The van der Waals surface area contributed by atoms with Gasteiger partial charge in [0.1, 0.15) is 18.1 Å². The van der Waals surface area contributed by atoms with E-state index in [0.717, 1.165) is 16.3 Å². The number of rotatable bonds is 9. The first-order valence-electron chi connectivity index (χ1n) is 11.7. The van der Waals surface area contributed by atoms with E-state index in [1.807, 2.05) is 24.3 Å². The Labute approximate surface area is 220 Å². The minimum absolute atomic E-state index is 0.321. The van der Waals surface area contributed by atoms with Crippen molar-refractivity contribution in [2.45, 2.75) is 6.61 Å². The van der Waals surface area contributed by atoms with E-state index >= 15 is 0 Å². The molecule has 0 bridgehead atoms. The van der Waals surface area contributed by atoms with Gasteiger partial charge in [-0.15, -0.1) is 0 Å². The van der Waals surface area contributed by atoms with Crippen LogP contribution in [0.2, 0.25) is 0 Å². The molecule has 194 valence electrons. The molecule has 9 heteroatoms. The number of nitrogens with zero attached hydrogens (tertiary/aromatic N) is 1. The Morgan fingerprint density at radius 3 is 2.37 bits per heavy atom. The second-order valence-electron chi connectivity index (χ2n) is 8.06. The van der Waals surface area contributed by atoms with E-state index < -0.39 is 11.8 Å². The summed E-state index contributed by atoms with van der Waals surface area (Å²) in [6, 6.07) is 24.3. The molecule has 4 rings (SSSR count). The van der Waals surface area contributed by atoms with Crippen LogP contribution < -0.4 is 29.7 Å². The number of anilines is 1. The summed E-state index contributed by atoms with van der Waals surface area (Å²) in [6.07, 6.45) is 1.40. The number of hydrogen-bond donors (Lipinski definition) is 2. The van der Waals surface area contributed by atoms with Crippen LogP contribution in [0.1, 0.15) is 11.1 Å². The first-order valence-corrected chi connectivity index (χ1v) is 11.7. The number of hydrogen-bond acceptors (Lipinski definition) is 7. The minimum atomic E-state index is -0.943. The minimum Gasteiger partial charge on any atom is -0.497 e. The molecule has 0 saturated heterocycles. The third-order valence-corrected chi connectivity index (χ3v) is 5.69. The molecule has 0 aromatic heterocycles. The van der Waals surface area contributed by atoms with Gasteiger partial charge in [-0.05, 0) is 52.2 Å². The maximum atomic E-state index is 12.3. The topological polar surface area (TPSA) is 107 Å². The monoisotopic (exact) mass is 513 g/mol. The lowest BCUT2D eigenvalue weighted by Gasteiger charge is -2.12. The molecule has 0 fully saturated rings. The quantitative estimate of drug-likeness (QED) is 0.193. The fourth-order valence-electron chi connectivity index (χ4n) is 3.75. The summed E-state index contributed by atoms with van der Waals surface area (Å²) in [5.74, 6) is 0.124. The highest BCUT2D eigenvalue weighted by molar-refractivity contribution is 6.39. The van der Waals surface area contributed by atoms with Gasteiger partial charge in [-0.25, -0.2) is 5.43 Å². The van der Waals surface area contributed by atoms with Crippen LogP contribution in [0.25, 0.3) is 10.8 Å². The fourth-order valence-corrected chi connectivity index (χ4v) is 3.75. The van der Waals surface area contributed by atoms with Crippen LogP contribution in [0.3, 0.4) is 0 Å². The first kappa shape index (κ1) is 26.0. The van der Waals surface area contributed by atoms with Gasteiger partial charge in [-0.3, -0.25) is 9.59 Å². The summed E-state index contributed by atoms with van der Waals surface area (Å²) in [4.78, 5) is 24.5. The summed E-state index contributed by atoms with van der Waals surface area (Å²) in [5, 5.41) is 8.63. The van der Waals surface area contributed by atoms with Crippen LogP contribution in [0.15, 0.2) is 84.0 Å². The van der Waals surface area contributed by atoms with Crippen LogP contribution in [0.5, 0.6) is 23.0 Å². The normalized spacial score (nSPS) is 10.7. The molecule has 0 heterocycles. The molecule has 38 heavy (non-hydrogen) atoms. The zero-order valence-electron chi connectivity index (χ0n) is 21.2. The second-order valence-corrected chi connectivity index (χ2v) is 8.06. The Morgan fingerprint density at radius 1 is 0.789 bits per heavy atom. The van der Waals surface area contributed by atoms with Crippen molar-refractivity contribution >= 4 is 34.5 Å². The van der Waals surface area contributed by atoms with Gasteiger partial charge in [0.15, 0.2) is 11.5 Å². The van der Waals surface area contributed by atoms with Crippen molar-refractivity contribution in [3.8, 4) is 23.0 Å². The Kier molecular flexibility index (Phi) is 8.40. The average Bonchev–Trinajstić information content (AvgIpc) is 2.96. The summed E-state index contributed by atoms with van der Waals surface area (Å²) < 4.78 is 21.9. The smallest absolute Gasteiger partial charge is 0.329 e. The number of carbonyl (C=O) groups is 2. The lowest BCUT2D eigenvalue weighted by Crippen LogP contribution is -2.32. The molecular weight excluding hydrogens is 486 g/mol. The average molecular weight is 514 g/mol. The van der Waals surface area contributed by atoms with Crippen LogP contribution in [0, 0.1) is 0 Å². The zero-order valence-corrected chi connectivity index (χ0v) is 21.2. The van der Waals surface area contributed by atoms with E-state index in [0.29, 0.717) is 40.9 Å². The Bertz CT molecular complexity index is 1480. The van der Waals surface area contributed by atoms with Crippen LogP contribution in [-0.2, 0) is 16.2 Å². The van der Waals surface area contributed by atoms with E-state index in [9.17, 15) is 9.59 Å². The summed E-state index contributed by atoms with van der Waals surface area (Å²) >= 11 is 0. The molecule has 0 aliphatic rings. The molecule has 0 aliphatic carbocycles. The molecule has 0 aliphatic heterocycles. The molecule has 0 saturated carbocycles. The van der Waals surface area contributed by atoms with Crippen LogP contribution >= 0.6 is 0 Å². The summed E-state index contributed by atoms with van der Waals surface area (Å²) in [5.41, 5.74) is 4.22. The van der Waals surface area contributed by atoms with Gasteiger partial charge in [0.05, 0.1) is 33.2 Å². The number of hydrazone groups is 1. The molecule has 4 aromatic carbocycles. The molecule has 2 N–H and O–H groups in total. The lowest BCUT2D eigenvalue weighted by atomic mass is 10.1. The SMILES string of the molecule is COc1ccc(NC(=O)C(=O)NN=Cc2ccc(OCc3cccc4ccccc34)c(OC)c2)c(OC)c1. The molecule has 4 aromatic rings. The Balaban J connectivity index is 1.36. The van der Waals surface area contributed by atoms with Gasteiger partial charge in [0, 0.05) is 6.07 Å². The molecule has 0 unspecified atom stereocenters. The number of amides is 2. The molecule has 2 amide bonds. The highest BCUT2D eigenvalue weighted by atomic mass is 16.5. The van der Waals surface area contributed by atoms with Crippen molar-refractivity contribution < 1.29 is 28.5 Å². The van der Waals surface area contributed by atoms with Crippen molar-refractivity contribution in [1.82, 2.24) is 5.43 Å². The molecular formula is C29H27N3O6. The molecule has 0 radical (unpaired) electrons. The van der Waals surface area contributed by atoms with Gasteiger partial charge in [-0.2, -0.15) is 5.10 Å². The third kappa shape index (κ3) is 6.19. The van der Waals surface area contributed by atoms with Gasteiger partial charge in [0.2, 0.25) is 0 Å². The van der Waals surface area contributed by atoms with E-state index in [4.69, 9.17) is 18.9 Å². The molecule has 0 spiro atoms. The van der Waals surface area contributed by atoms with E-state index in [2.05, 4.69) is 34.0 Å². The lowest BCUT2D eigenvalue weighted by molar-refractivity contribution is -0.136. The number of fused-ring (bicyclic) bond motifs is 1. The predicted molar refractivity (Wildman–Crippen MR) is 145 cm³/mol. The highest BCUT2D eigenvalue weighted by Gasteiger charge is 2.16. The van der Waals surface area contributed by atoms with Gasteiger partial charge >= 0.3 is 11.8 Å². The van der Waals surface area contributed by atoms with E-state index in [1.54, 1.807) is 43.5 Å². The molecule has 9 nitrogen and oxygen atoms in total. The predicted octanol–water partition coefficient (Wildman–Crippen LogP) is 4.53. The summed E-state index contributed by atoms with van der Waals surface area (Å²) in [7, 11) is 4.50. The van der Waals surface area contributed by atoms with Crippen molar-refractivity contribution in [3.63, 3.8) is 0 Å². The van der Waals surface area contributed by atoms with Crippen molar-refractivity contribution in [3.05, 3.63) is 90.0 Å². The van der Waals surface area contributed by atoms with Gasteiger partial charge in [-0.1, -0.05) is 42.5 Å². The van der Waals surface area contributed by atoms with E-state index in [-0.39, 0.29) is 0 Å². The Hall–Kier alpha value is -5.05. The maximum Gasteiger partial charge on any atom is 0.329 e. The fraction of sp³-hybridized carbons (Fsp3) is 0.138. The van der Waals surface area contributed by atoms with Gasteiger partial charge < -0.3 is 24.3 Å². The number of methoxy groups -OCH3 is 3. The maximum absolute atomic E-state index is 12.3. The molecule has 0 atom stereocenters. The highest BCUT2D eigenvalue weighted by Crippen LogP contribution is 2.30. The van der Waals surface area contributed by atoms with Crippen LogP contribution in [0.4, 0.5) is 5.69 Å². The van der Waals surface area contributed by atoms with Crippen molar-refractivity contribution in [2.24, 2.45) is 5.10 Å². The van der Waals surface area contributed by atoms with Gasteiger partial charge in [0.25, 0.3) is 0 Å². The van der Waals surface area contributed by atoms with Crippen molar-refractivity contribution in [1.29, 1.82) is 0 Å². The standard InChI is InChI=1S/C29H27N3O6/c1-35-22-12-13-24(26(16-22)36-2)31-28(33)29(34)32-30-17-19-11-14-25(27(15-19)37-3)38-18-21-9-6-8-20-7-4-5-10-23(20)21/h4-17H,18H2,1-3H3,(H,31,33)(H,32,34).